The normalized spacial score (nSPS) is 10.4. The van der Waals surface area contributed by atoms with Crippen LogP contribution in [0.15, 0.2) is 11.1 Å². The van der Waals surface area contributed by atoms with Gasteiger partial charge in [0.2, 0.25) is 0 Å². The van der Waals surface area contributed by atoms with E-state index in [2.05, 4.69) is 0 Å². The van der Waals surface area contributed by atoms with E-state index in [0.717, 1.165) is 0 Å². The molecule has 0 amide bonds. The van der Waals surface area contributed by atoms with Gasteiger partial charge in [-0.05, 0) is 12.8 Å². The second-order valence-electron chi connectivity index (χ2n) is 2.27. The molecule has 0 saturated heterocycles. The molecule has 0 spiro atoms. The standard InChI is InChI=1S/C8H12O4.2ClH/c1-3-5(7(9)10)6(4-2)8(11)12;;/h3-4H2,1-2H3,(H,9,10)(H,11,12);2*1H. The van der Waals surface area contributed by atoms with Crippen molar-refractivity contribution in [1.29, 1.82) is 0 Å². The first-order chi connectivity index (χ1) is 5.54. The summed E-state index contributed by atoms with van der Waals surface area (Å²) in [5, 5.41) is 17.2. The highest BCUT2D eigenvalue weighted by Gasteiger charge is 2.16. The zero-order valence-corrected chi connectivity index (χ0v) is 9.57. The van der Waals surface area contributed by atoms with Crippen LogP contribution < -0.4 is 0 Å². The molecule has 14 heavy (non-hydrogen) atoms. The molecule has 0 rings (SSSR count). The van der Waals surface area contributed by atoms with Crippen LogP contribution in [-0.2, 0) is 9.59 Å². The van der Waals surface area contributed by atoms with Crippen LogP contribution in [0.4, 0.5) is 0 Å². The lowest BCUT2D eigenvalue weighted by molar-refractivity contribution is -0.136. The van der Waals surface area contributed by atoms with Crippen LogP contribution in [-0.4, -0.2) is 22.2 Å². The average Bonchev–Trinajstić information content (AvgIpc) is 1.98. The first-order valence-electron chi connectivity index (χ1n) is 3.73. The Balaban J connectivity index is -0.000000605. The fraction of sp³-hybridized carbons (Fsp3) is 0.500. The van der Waals surface area contributed by atoms with E-state index >= 15 is 0 Å². The van der Waals surface area contributed by atoms with Gasteiger partial charge in [-0.25, -0.2) is 9.59 Å². The maximum atomic E-state index is 10.5. The topological polar surface area (TPSA) is 74.6 Å². The van der Waals surface area contributed by atoms with Gasteiger partial charge in [0.1, 0.15) is 0 Å². The van der Waals surface area contributed by atoms with Gasteiger partial charge in [0.15, 0.2) is 0 Å². The monoisotopic (exact) mass is 244 g/mol. The Bertz CT molecular complexity index is 211. The van der Waals surface area contributed by atoms with Crippen molar-refractivity contribution in [2.24, 2.45) is 0 Å². The van der Waals surface area contributed by atoms with E-state index in [-0.39, 0.29) is 48.8 Å². The molecule has 0 aliphatic rings. The number of carbonyl (C=O) groups is 2. The van der Waals surface area contributed by atoms with E-state index in [4.69, 9.17) is 10.2 Å². The number of aliphatic carboxylic acids is 2. The predicted octanol–water partition coefficient (Wildman–Crippen LogP) is 2.12. The second-order valence-corrected chi connectivity index (χ2v) is 2.27. The molecule has 2 N–H and O–H groups in total. The number of hydrogen-bond acceptors (Lipinski definition) is 2. The number of carboxylic acid groups (broad SMARTS) is 2. The van der Waals surface area contributed by atoms with Gasteiger partial charge < -0.3 is 10.2 Å². The zero-order chi connectivity index (χ0) is 9.72. The van der Waals surface area contributed by atoms with Crippen LogP contribution >= 0.6 is 24.8 Å². The van der Waals surface area contributed by atoms with Crippen LogP contribution in [0.2, 0.25) is 0 Å². The highest BCUT2D eigenvalue weighted by Crippen LogP contribution is 2.12. The minimum absolute atomic E-state index is 0. The van der Waals surface area contributed by atoms with Crippen LogP contribution in [0.5, 0.6) is 0 Å². The minimum atomic E-state index is -1.14. The molecule has 4 nitrogen and oxygen atoms in total. The number of rotatable bonds is 4. The molecule has 0 heterocycles. The van der Waals surface area contributed by atoms with Crippen molar-refractivity contribution >= 4 is 36.8 Å². The maximum Gasteiger partial charge on any atom is 0.332 e. The molecular weight excluding hydrogens is 231 g/mol. The van der Waals surface area contributed by atoms with Crippen LogP contribution in [0.1, 0.15) is 26.7 Å². The zero-order valence-electron chi connectivity index (χ0n) is 7.94. The van der Waals surface area contributed by atoms with Crippen molar-refractivity contribution in [3.63, 3.8) is 0 Å². The third-order valence-electron chi connectivity index (χ3n) is 1.59. The van der Waals surface area contributed by atoms with E-state index in [9.17, 15) is 9.59 Å². The Morgan fingerprint density at radius 1 is 0.857 bits per heavy atom. The van der Waals surface area contributed by atoms with Crippen LogP contribution in [0, 0.1) is 0 Å². The fourth-order valence-corrected chi connectivity index (χ4v) is 0.987. The fourth-order valence-electron chi connectivity index (χ4n) is 0.987. The summed E-state index contributed by atoms with van der Waals surface area (Å²) in [6.07, 6.45) is 0.482. The highest BCUT2D eigenvalue weighted by atomic mass is 35.5. The lowest BCUT2D eigenvalue weighted by Gasteiger charge is -2.03. The van der Waals surface area contributed by atoms with Gasteiger partial charge >= 0.3 is 11.9 Å². The molecule has 0 aliphatic carbocycles. The Labute approximate surface area is 94.8 Å². The Morgan fingerprint density at radius 2 is 1.07 bits per heavy atom. The summed E-state index contributed by atoms with van der Waals surface area (Å²) < 4.78 is 0. The third kappa shape index (κ3) is 5.09. The first kappa shape index (κ1) is 18.9. The van der Waals surface area contributed by atoms with E-state index in [1.54, 1.807) is 13.8 Å². The summed E-state index contributed by atoms with van der Waals surface area (Å²) in [6, 6.07) is 0. The lowest BCUT2D eigenvalue weighted by Crippen LogP contribution is -2.10. The molecule has 0 atom stereocenters. The van der Waals surface area contributed by atoms with Gasteiger partial charge in [-0.3, -0.25) is 0 Å². The van der Waals surface area contributed by atoms with E-state index in [0.29, 0.717) is 0 Å². The minimum Gasteiger partial charge on any atom is -0.478 e. The Morgan fingerprint density at radius 3 is 1.14 bits per heavy atom. The average molecular weight is 245 g/mol. The third-order valence-corrected chi connectivity index (χ3v) is 1.59. The predicted molar refractivity (Wildman–Crippen MR) is 57.4 cm³/mol. The smallest absolute Gasteiger partial charge is 0.332 e. The first-order valence-corrected chi connectivity index (χ1v) is 3.73. The van der Waals surface area contributed by atoms with Crippen molar-refractivity contribution in [3.05, 3.63) is 11.1 Å². The molecule has 0 radical (unpaired) electrons. The molecular formula is C8H14Cl2O4. The Hall–Kier alpha value is -0.740. The highest BCUT2D eigenvalue weighted by molar-refractivity contribution is 5.98. The summed E-state index contributed by atoms with van der Waals surface area (Å²) in [4.78, 5) is 21.0. The molecule has 0 aromatic carbocycles. The number of hydrogen-bond donors (Lipinski definition) is 2. The molecule has 0 aliphatic heterocycles. The van der Waals surface area contributed by atoms with Crippen molar-refractivity contribution in [2.75, 3.05) is 0 Å². The molecule has 6 heteroatoms. The van der Waals surface area contributed by atoms with E-state index in [1.807, 2.05) is 0 Å². The van der Waals surface area contributed by atoms with Gasteiger partial charge in [0, 0.05) is 11.1 Å². The molecule has 84 valence electrons. The van der Waals surface area contributed by atoms with Gasteiger partial charge in [0.05, 0.1) is 0 Å². The summed E-state index contributed by atoms with van der Waals surface area (Å²) in [7, 11) is 0. The lowest BCUT2D eigenvalue weighted by atomic mass is 10.0. The van der Waals surface area contributed by atoms with Crippen molar-refractivity contribution in [2.45, 2.75) is 26.7 Å². The summed E-state index contributed by atoms with van der Waals surface area (Å²) in [5.41, 5.74) is -0.0185. The van der Waals surface area contributed by atoms with Crippen molar-refractivity contribution in [3.8, 4) is 0 Å². The molecule has 0 fully saturated rings. The SMILES string of the molecule is CCC(C(=O)O)=C(CC)C(=O)O.Cl.Cl. The molecule has 0 aromatic heterocycles. The largest absolute Gasteiger partial charge is 0.478 e. The molecule has 0 bridgehead atoms. The number of carboxylic acids is 2. The van der Waals surface area contributed by atoms with Gasteiger partial charge in [-0.15, -0.1) is 24.8 Å². The van der Waals surface area contributed by atoms with Crippen molar-refractivity contribution in [1.82, 2.24) is 0 Å². The molecule has 0 saturated carbocycles. The summed E-state index contributed by atoms with van der Waals surface area (Å²) in [5.74, 6) is -2.28. The quantitative estimate of drug-likeness (QED) is 0.744. The molecule has 0 aromatic rings. The summed E-state index contributed by atoms with van der Waals surface area (Å²) >= 11 is 0. The Kier molecular flexibility index (Phi) is 12.0. The van der Waals surface area contributed by atoms with E-state index < -0.39 is 11.9 Å². The molecule has 0 unspecified atom stereocenters. The number of halogens is 2. The van der Waals surface area contributed by atoms with Crippen LogP contribution in [0.3, 0.4) is 0 Å². The van der Waals surface area contributed by atoms with Gasteiger partial charge in [-0.2, -0.15) is 0 Å². The summed E-state index contributed by atoms with van der Waals surface area (Å²) in [6.45, 7) is 3.25. The van der Waals surface area contributed by atoms with Crippen LogP contribution in [0.25, 0.3) is 0 Å². The second kappa shape index (κ2) is 8.84. The van der Waals surface area contributed by atoms with E-state index in [1.165, 1.54) is 0 Å². The maximum absolute atomic E-state index is 10.5. The van der Waals surface area contributed by atoms with Gasteiger partial charge in [0.25, 0.3) is 0 Å². The van der Waals surface area contributed by atoms with Gasteiger partial charge in [-0.1, -0.05) is 13.8 Å². The van der Waals surface area contributed by atoms with Crippen molar-refractivity contribution < 1.29 is 19.8 Å².